The summed E-state index contributed by atoms with van der Waals surface area (Å²) in [5, 5.41) is 12.2. The van der Waals surface area contributed by atoms with E-state index in [9.17, 15) is 8.42 Å². The summed E-state index contributed by atoms with van der Waals surface area (Å²) in [6.07, 6.45) is 2.70. The number of rotatable bonds is 2. The van der Waals surface area contributed by atoms with Crippen LogP contribution in [0.1, 0.15) is 24.8 Å². The van der Waals surface area contributed by atoms with E-state index in [-0.39, 0.29) is 17.0 Å². The van der Waals surface area contributed by atoms with Crippen molar-refractivity contribution in [1.29, 1.82) is 5.26 Å². The lowest BCUT2D eigenvalue weighted by atomic mass is 10.1. The Hall–Kier alpha value is -1.42. The lowest BCUT2D eigenvalue weighted by Gasteiger charge is -2.26. The van der Waals surface area contributed by atoms with Crippen molar-refractivity contribution in [3.8, 4) is 6.07 Å². The number of sulfonamides is 1. The van der Waals surface area contributed by atoms with Crippen LogP contribution in [0, 0.1) is 11.3 Å². The van der Waals surface area contributed by atoms with Crippen LogP contribution in [-0.2, 0) is 10.0 Å². The summed E-state index contributed by atoms with van der Waals surface area (Å²) in [6, 6.07) is 8.42. The highest BCUT2D eigenvalue weighted by Crippen LogP contribution is 2.33. The van der Waals surface area contributed by atoms with Crippen LogP contribution in [-0.4, -0.2) is 37.9 Å². The smallest absolute Gasteiger partial charge is 0.243 e. The zero-order chi connectivity index (χ0) is 14.2. The monoisotopic (exact) mass is 291 g/mol. The third kappa shape index (κ3) is 2.22. The molecule has 0 spiro atoms. The van der Waals surface area contributed by atoms with E-state index < -0.39 is 10.0 Å². The Balaban J connectivity index is 2.01. The van der Waals surface area contributed by atoms with Crippen molar-refractivity contribution in [1.82, 2.24) is 9.62 Å². The molecular formula is C14H17N3O2S. The Morgan fingerprint density at radius 3 is 2.85 bits per heavy atom. The number of nitrogens with zero attached hydrogens (tertiary/aromatic N) is 2. The first-order chi connectivity index (χ1) is 9.63. The Morgan fingerprint density at radius 2 is 2.05 bits per heavy atom. The molecule has 6 heteroatoms. The molecule has 1 aromatic rings. The van der Waals surface area contributed by atoms with Crippen molar-refractivity contribution in [2.75, 3.05) is 13.1 Å². The largest absolute Gasteiger partial charge is 0.315 e. The van der Waals surface area contributed by atoms with Crippen LogP contribution in [0.25, 0.3) is 0 Å². The standard InChI is InChI=1S/C14H17N3O2S/c15-9-11-2-1-3-14(8-11)20(18,19)17-12-4-5-13(17)10-16-7-6-12/h1-3,8,12-13,16H,4-7,10H2. The van der Waals surface area contributed by atoms with Gasteiger partial charge in [0.05, 0.1) is 16.5 Å². The fourth-order valence-corrected chi connectivity index (χ4v) is 5.12. The summed E-state index contributed by atoms with van der Waals surface area (Å²) in [5.41, 5.74) is 0.381. The maximum Gasteiger partial charge on any atom is 0.243 e. The maximum absolute atomic E-state index is 12.9. The van der Waals surface area contributed by atoms with Gasteiger partial charge in [-0.3, -0.25) is 0 Å². The predicted molar refractivity (Wildman–Crippen MR) is 74.5 cm³/mol. The minimum Gasteiger partial charge on any atom is -0.315 e. The molecule has 2 atom stereocenters. The quantitative estimate of drug-likeness (QED) is 0.884. The Bertz CT molecular complexity index is 637. The highest BCUT2D eigenvalue weighted by atomic mass is 32.2. The van der Waals surface area contributed by atoms with Gasteiger partial charge in [-0.2, -0.15) is 9.57 Å². The second-order valence-corrected chi connectivity index (χ2v) is 7.20. The van der Waals surface area contributed by atoms with Gasteiger partial charge in [-0.25, -0.2) is 8.42 Å². The van der Waals surface area contributed by atoms with Gasteiger partial charge in [-0.15, -0.1) is 0 Å². The summed E-state index contributed by atoms with van der Waals surface area (Å²) in [6.45, 7) is 1.58. The normalized spacial score (nSPS) is 26.9. The topological polar surface area (TPSA) is 73.2 Å². The molecule has 0 amide bonds. The molecule has 0 aromatic heterocycles. The summed E-state index contributed by atoms with van der Waals surface area (Å²) in [7, 11) is -3.51. The Kier molecular flexibility index (Phi) is 3.50. The molecule has 2 saturated heterocycles. The van der Waals surface area contributed by atoms with Crippen LogP contribution in [0.5, 0.6) is 0 Å². The average Bonchev–Trinajstić information content (AvgIpc) is 2.73. The Labute approximate surface area is 119 Å². The van der Waals surface area contributed by atoms with E-state index in [0.717, 1.165) is 25.8 Å². The molecule has 1 N–H and O–H groups in total. The molecule has 5 nitrogen and oxygen atoms in total. The molecule has 20 heavy (non-hydrogen) atoms. The second kappa shape index (κ2) is 5.17. The molecule has 2 heterocycles. The van der Waals surface area contributed by atoms with E-state index in [2.05, 4.69) is 5.32 Å². The molecule has 2 fully saturated rings. The molecular weight excluding hydrogens is 274 g/mol. The summed E-state index contributed by atoms with van der Waals surface area (Å²) in [4.78, 5) is 0.232. The number of hydrogen-bond donors (Lipinski definition) is 1. The van der Waals surface area contributed by atoms with Gasteiger partial charge in [0.2, 0.25) is 10.0 Å². The summed E-state index contributed by atoms with van der Waals surface area (Å²) >= 11 is 0. The molecule has 2 unspecified atom stereocenters. The number of fused-ring (bicyclic) bond motifs is 2. The van der Waals surface area contributed by atoms with Gasteiger partial charge in [-0.05, 0) is 44.0 Å². The first kappa shape index (κ1) is 13.6. The van der Waals surface area contributed by atoms with Gasteiger partial charge >= 0.3 is 0 Å². The van der Waals surface area contributed by atoms with Gasteiger partial charge < -0.3 is 5.32 Å². The van der Waals surface area contributed by atoms with Crippen molar-refractivity contribution < 1.29 is 8.42 Å². The van der Waals surface area contributed by atoms with Crippen LogP contribution >= 0.6 is 0 Å². The molecule has 2 aliphatic heterocycles. The molecule has 1 aromatic carbocycles. The van der Waals surface area contributed by atoms with Gasteiger partial charge in [-0.1, -0.05) is 6.07 Å². The molecule has 0 aliphatic carbocycles. The number of benzene rings is 1. The molecule has 0 radical (unpaired) electrons. The zero-order valence-corrected chi connectivity index (χ0v) is 11.9. The van der Waals surface area contributed by atoms with Crippen LogP contribution < -0.4 is 5.32 Å². The van der Waals surface area contributed by atoms with Crippen molar-refractivity contribution in [3.63, 3.8) is 0 Å². The summed E-state index contributed by atoms with van der Waals surface area (Å²) < 4.78 is 27.4. The molecule has 2 aliphatic rings. The van der Waals surface area contributed by atoms with Gasteiger partial charge in [0.1, 0.15) is 0 Å². The predicted octanol–water partition coefficient (Wildman–Crippen LogP) is 1.07. The average molecular weight is 291 g/mol. The van der Waals surface area contributed by atoms with Crippen LogP contribution in [0.15, 0.2) is 29.2 Å². The fourth-order valence-electron chi connectivity index (χ4n) is 3.18. The van der Waals surface area contributed by atoms with E-state index >= 15 is 0 Å². The van der Waals surface area contributed by atoms with Crippen molar-refractivity contribution >= 4 is 10.0 Å². The van der Waals surface area contributed by atoms with E-state index in [1.54, 1.807) is 22.5 Å². The highest BCUT2D eigenvalue weighted by molar-refractivity contribution is 7.89. The third-order valence-corrected chi connectivity index (χ3v) is 6.13. The second-order valence-electron chi connectivity index (χ2n) is 5.35. The van der Waals surface area contributed by atoms with Crippen molar-refractivity contribution in [3.05, 3.63) is 29.8 Å². The molecule has 2 bridgehead atoms. The minimum absolute atomic E-state index is 0.0400. The summed E-state index contributed by atoms with van der Waals surface area (Å²) in [5.74, 6) is 0. The van der Waals surface area contributed by atoms with Gasteiger partial charge in [0.25, 0.3) is 0 Å². The lowest BCUT2D eigenvalue weighted by molar-refractivity contribution is 0.334. The third-order valence-electron chi connectivity index (χ3n) is 4.13. The van der Waals surface area contributed by atoms with Gasteiger partial charge in [0, 0.05) is 18.6 Å². The molecule has 3 rings (SSSR count). The lowest BCUT2D eigenvalue weighted by Crippen LogP contribution is -2.42. The first-order valence-electron chi connectivity index (χ1n) is 6.87. The maximum atomic E-state index is 12.9. The molecule has 106 valence electrons. The fraction of sp³-hybridized carbons (Fsp3) is 0.500. The minimum atomic E-state index is -3.51. The molecule has 0 saturated carbocycles. The van der Waals surface area contributed by atoms with Crippen molar-refractivity contribution in [2.24, 2.45) is 0 Å². The first-order valence-corrected chi connectivity index (χ1v) is 8.31. The number of nitriles is 1. The highest BCUT2D eigenvalue weighted by Gasteiger charge is 2.42. The Morgan fingerprint density at radius 1 is 1.25 bits per heavy atom. The number of hydrogen-bond acceptors (Lipinski definition) is 4. The SMILES string of the molecule is N#Cc1cccc(S(=O)(=O)N2C3CCNCC2CC3)c1. The van der Waals surface area contributed by atoms with E-state index in [4.69, 9.17) is 5.26 Å². The zero-order valence-electron chi connectivity index (χ0n) is 11.1. The van der Waals surface area contributed by atoms with Crippen molar-refractivity contribution in [2.45, 2.75) is 36.2 Å². The number of nitrogens with one attached hydrogen (secondary N) is 1. The van der Waals surface area contributed by atoms with Crippen LogP contribution in [0.4, 0.5) is 0 Å². The van der Waals surface area contributed by atoms with E-state index in [0.29, 0.717) is 12.1 Å². The van der Waals surface area contributed by atoms with Crippen LogP contribution in [0.2, 0.25) is 0 Å². The van der Waals surface area contributed by atoms with E-state index in [1.165, 1.54) is 6.07 Å². The van der Waals surface area contributed by atoms with Gasteiger partial charge in [0.15, 0.2) is 0 Å². The van der Waals surface area contributed by atoms with Crippen LogP contribution in [0.3, 0.4) is 0 Å². The van der Waals surface area contributed by atoms with E-state index in [1.807, 2.05) is 6.07 Å².